The molecule has 0 amide bonds. The predicted molar refractivity (Wildman–Crippen MR) is 62.6 cm³/mol. The molecule has 1 aromatic rings. The quantitative estimate of drug-likeness (QED) is 0.862. The SMILES string of the molecule is CN1C[C@H](C(=O)O)C[C@@H]1c1ccc(Cl)cc1. The van der Waals surface area contributed by atoms with Crippen LogP contribution in [0.25, 0.3) is 0 Å². The Morgan fingerprint density at radius 1 is 1.44 bits per heavy atom. The first kappa shape index (κ1) is 11.4. The van der Waals surface area contributed by atoms with E-state index < -0.39 is 5.97 Å². The van der Waals surface area contributed by atoms with E-state index >= 15 is 0 Å². The average Bonchev–Trinajstić information content (AvgIpc) is 2.62. The Balaban J connectivity index is 2.16. The minimum atomic E-state index is -0.705. The minimum Gasteiger partial charge on any atom is -0.481 e. The molecule has 1 aliphatic rings. The molecule has 4 heteroatoms. The van der Waals surface area contributed by atoms with E-state index in [9.17, 15) is 4.79 Å². The second-order valence-electron chi connectivity index (χ2n) is 4.28. The summed E-state index contributed by atoms with van der Waals surface area (Å²) in [4.78, 5) is 13.0. The zero-order valence-electron chi connectivity index (χ0n) is 9.06. The summed E-state index contributed by atoms with van der Waals surface area (Å²) in [7, 11) is 1.96. The highest BCUT2D eigenvalue weighted by molar-refractivity contribution is 6.30. The van der Waals surface area contributed by atoms with Gasteiger partial charge in [-0.1, -0.05) is 23.7 Å². The van der Waals surface area contributed by atoms with Gasteiger partial charge in [0.2, 0.25) is 0 Å². The predicted octanol–water partition coefficient (Wildman–Crippen LogP) is 2.42. The average molecular weight is 240 g/mol. The Morgan fingerprint density at radius 2 is 2.06 bits per heavy atom. The molecule has 0 radical (unpaired) electrons. The summed E-state index contributed by atoms with van der Waals surface area (Å²) in [5, 5.41) is 9.70. The van der Waals surface area contributed by atoms with Gasteiger partial charge in [0.1, 0.15) is 0 Å². The third-order valence-electron chi connectivity index (χ3n) is 3.15. The minimum absolute atomic E-state index is 0.193. The van der Waals surface area contributed by atoms with Crippen molar-refractivity contribution in [1.29, 1.82) is 0 Å². The first-order valence-electron chi connectivity index (χ1n) is 5.26. The fourth-order valence-corrected chi connectivity index (χ4v) is 2.38. The number of carbonyl (C=O) groups is 1. The van der Waals surface area contributed by atoms with Crippen LogP contribution in [0.15, 0.2) is 24.3 Å². The van der Waals surface area contributed by atoms with Crippen molar-refractivity contribution in [1.82, 2.24) is 4.90 Å². The van der Waals surface area contributed by atoms with Crippen LogP contribution in [0.1, 0.15) is 18.0 Å². The Hall–Kier alpha value is -1.06. The van der Waals surface area contributed by atoms with E-state index in [1.165, 1.54) is 0 Å². The number of halogens is 1. The molecule has 86 valence electrons. The summed E-state index contributed by atoms with van der Waals surface area (Å²) in [5.74, 6) is -0.964. The number of hydrogen-bond donors (Lipinski definition) is 1. The fraction of sp³-hybridized carbons (Fsp3) is 0.417. The van der Waals surface area contributed by atoms with Crippen molar-refractivity contribution in [2.75, 3.05) is 13.6 Å². The van der Waals surface area contributed by atoms with Crippen molar-refractivity contribution in [3.63, 3.8) is 0 Å². The number of hydrogen-bond acceptors (Lipinski definition) is 2. The summed E-state index contributed by atoms with van der Waals surface area (Å²) in [6, 6.07) is 7.82. The molecule has 0 aliphatic carbocycles. The highest BCUT2D eigenvalue weighted by atomic mass is 35.5. The van der Waals surface area contributed by atoms with Gasteiger partial charge in [-0.3, -0.25) is 9.69 Å². The fourth-order valence-electron chi connectivity index (χ4n) is 2.25. The first-order valence-corrected chi connectivity index (χ1v) is 5.64. The van der Waals surface area contributed by atoms with E-state index in [0.717, 1.165) is 5.56 Å². The van der Waals surface area contributed by atoms with E-state index in [-0.39, 0.29) is 12.0 Å². The zero-order valence-corrected chi connectivity index (χ0v) is 9.81. The van der Waals surface area contributed by atoms with Gasteiger partial charge in [0.15, 0.2) is 0 Å². The second kappa shape index (κ2) is 4.44. The maximum absolute atomic E-state index is 10.9. The van der Waals surface area contributed by atoms with Crippen molar-refractivity contribution in [2.45, 2.75) is 12.5 Å². The smallest absolute Gasteiger partial charge is 0.307 e. The van der Waals surface area contributed by atoms with Crippen LogP contribution in [-0.2, 0) is 4.79 Å². The van der Waals surface area contributed by atoms with Gasteiger partial charge in [-0.15, -0.1) is 0 Å². The second-order valence-corrected chi connectivity index (χ2v) is 4.71. The molecule has 16 heavy (non-hydrogen) atoms. The molecule has 0 aromatic heterocycles. The van der Waals surface area contributed by atoms with Crippen LogP contribution in [0.3, 0.4) is 0 Å². The molecule has 0 unspecified atom stereocenters. The van der Waals surface area contributed by atoms with Crippen molar-refractivity contribution in [2.24, 2.45) is 5.92 Å². The molecular formula is C12H14ClNO2. The van der Waals surface area contributed by atoms with Crippen LogP contribution < -0.4 is 0 Å². The van der Waals surface area contributed by atoms with E-state index in [2.05, 4.69) is 4.90 Å². The van der Waals surface area contributed by atoms with Crippen LogP contribution in [0.4, 0.5) is 0 Å². The number of benzene rings is 1. The largest absolute Gasteiger partial charge is 0.481 e. The third kappa shape index (κ3) is 2.20. The summed E-state index contributed by atoms with van der Waals surface area (Å²) in [6.07, 6.45) is 0.674. The summed E-state index contributed by atoms with van der Waals surface area (Å²) < 4.78 is 0. The molecule has 2 atom stereocenters. The van der Waals surface area contributed by atoms with Crippen LogP contribution >= 0.6 is 11.6 Å². The Morgan fingerprint density at radius 3 is 2.56 bits per heavy atom. The number of rotatable bonds is 2. The normalized spacial score (nSPS) is 25.9. The van der Waals surface area contributed by atoms with Gasteiger partial charge >= 0.3 is 5.97 Å². The van der Waals surface area contributed by atoms with Gasteiger partial charge in [-0.25, -0.2) is 0 Å². The Labute approximate surface area is 99.6 Å². The molecule has 1 fully saturated rings. The van der Waals surface area contributed by atoms with E-state index in [1.807, 2.05) is 31.3 Å². The summed E-state index contributed by atoms with van der Waals surface area (Å²) >= 11 is 5.83. The molecule has 1 heterocycles. The number of carboxylic acids is 1. The molecule has 0 bridgehead atoms. The first-order chi connectivity index (χ1) is 7.58. The lowest BCUT2D eigenvalue weighted by Gasteiger charge is -2.19. The van der Waals surface area contributed by atoms with E-state index in [4.69, 9.17) is 16.7 Å². The topological polar surface area (TPSA) is 40.5 Å². The summed E-state index contributed by atoms with van der Waals surface area (Å²) in [6.45, 7) is 0.614. The van der Waals surface area contributed by atoms with Crippen molar-refractivity contribution in [3.8, 4) is 0 Å². The number of nitrogens with zero attached hydrogens (tertiary/aromatic N) is 1. The van der Waals surface area contributed by atoms with E-state index in [0.29, 0.717) is 18.0 Å². The van der Waals surface area contributed by atoms with Gasteiger partial charge in [0.25, 0.3) is 0 Å². The van der Waals surface area contributed by atoms with E-state index in [1.54, 1.807) is 0 Å². The van der Waals surface area contributed by atoms with Gasteiger partial charge in [-0.05, 0) is 31.2 Å². The molecule has 1 saturated heterocycles. The highest BCUT2D eigenvalue weighted by Crippen LogP contribution is 2.34. The van der Waals surface area contributed by atoms with Gasteiger partial charge in [0.05, 0.1) is 5.92 Å². The number of likely N-dealkylation sites (tertiary alicyclic amines) is 1. The Kier molecular flexibility index (Phi) is 3.17. The maximum atomic E-state index is 10.9. The number of carboxylic acid groups (broad SMARTS) is 1. The highest BCUT2D eigenvalue weighted by Gasteiger charge is 2.34. The molecule has 1 aliphatic heterocycles. The molecule has 3 nitrogen and oxygen atoms in total. The summed E-state index contributed by atoms with van der Waals surface area (Å²) in [5.41, 5.74) is 1.13. The third-order valence-corrected chi connectivity index (χ3v) is 3.40. The zero-order chi connectivity index (χ0) is 11.7. The lowest BCUT2D eigenvalue weighted by atomic mass is 10.0. The standard InChI is InChI=1S/C12H14ClNO2/c1-14-7-9(12(15)16)6-11(14)8-2-4-10(13)5-3-8/h2-5,9,11H,6-7H2,1H3,(H,15,16)/t9-,11-/m1/s1. The van der Waals surface area contributed by atoms with Crippen molar-refractivity contribution >= 4 is 17.6 Å². The molecule has 1 N–H and O–H groups in total. The van der Waals surface area contributed by atoms with Crippen LogP contribution in [0, 0.1) is 5.92 Å². The molecular weight excluding hydrogens is 226 g/mol. The van der Waals surface area contributed by atoms with Crippen molar-refractivity contribution < 1.29 is 9.90 Å². The van der Waals surface area contributed by atoms with Gasteiger partial charge in [-0.2, -0.15) is 0 Å². The molecule has 0 saturated carbocycles. The van der Waals surface area contributed by atoms with Crippen molar-refractivity contribution in [3.05, 3.63) is 34.9 Å². The number of aliphatic carboxylic acids is 1. The van der Waals surface area contributed by atoms with Crippen LogP contribution in [-0.4, -0.2) is 29.6 Å². The lowest BCUT2D eigenvalue weighted by molar-refractivity contribution is -0.141. The monoisotopic (exact) mass is 239 g/mol. The molecule has 2 rings (SSSR count). The maximum Gasteiger partial charge on any atom is 0.307 e. The van der Waals surface area contributed by atoms with Crippen LogP contribution in [0.2, 0.25) is 5.02 Å². The lowest BCUT2D eigenvalue weighted by Crippen LogP contribution is -2.20. The molecule has 0 spiro atoms. The molecule has 1 aromatic carbocycles. The van der Waals surface area contributed by atoms with Gasteiger partial charge in [0, 0.05) is 17.6 Å². The Bertz CT molecular complexity index is 391. The van der Waals surface area contributed by atoms with Gasteiger partial charge < -0.3 is 5.11 Å². The van der Waals surface area contributed by atoms with Crippen LogP contribution in [0.5, 0.6) is 0 Å².